The highest BCUT2D eigenvalue weighted by molar-refractivity contribution is 7.09. The molecule has 0 fully saturated rings. The van der Waals surface area contributed by atoms with Gasteiger partial charge in [-0.25, -0.2) is 0 Å². The highest BCUT2D eigenvalue weighted by atomic mass is 32.1. The van der Waals surface area contributed by atoms with Crippen LogP contribution in [0.25, 0.3) is 11.1 Å². The highest BCUT2D eigenvalue weighted by Gasteiger charge is 2.25. The molecule has 144 valence electrons. The second-order valence-corrected chi connectivity index (χ2v) is 7.69. The van der Waals surface area contributed by atoms with E-state index in [1.54, 1.807) is 6.92 Å². The molecule has 0 aliphatic carbocycles. The summed E-state index contributed by atoms with van der Waals surface area (Å²) in [7, 11) is 0. The Morgan fingerprint density at radius 2 is 1.54 bits per heavy atom. The molecule has 0 aliphatic rings. The lowest BCUT2D eigenvalue weighted by atomic mass is 9.93. The van der Waals surface area contributed by atoms with Crippen LogP contribution in [-0.2, 0) is 21.7 Å². The Morgan fingerprint density at radius 3 is 2.18 bits per heavy atom. The maximum absolute atomic E-state index is 12.0. The molecule has 1 aromatic heterocycles. The van der Waals surface area contributed by atoms with E-state index in [1.165, 1.54) is 11.3 Å². The summed E-state index contributed by atoms with van der Waals surface area (Å²) in [5, 5.41) is 17.7. The van der Waals surface area contributed by atoms with Crippen LogP contribution < -0.4 is 10.6 Å². The molecule has 5 nitrogen and oxygen atoms in total. The third-order valence-corrected chi connectivity index (χ3v) is 5.29. The Kier molecular flexibility index (Phi) is 6.23. The number of hydrogen-bond donors (Lipinski definition) is 3. The van der Waals surface area contributed by atoms with E-state index >= 15 is 0 Å². The molecule has 0 radical (unpaired) electrons. The molecular weight excluding hydrogens is 372 g/mol. The second kappa shape index (κ2) is 8.82. The van der Waals surface area contributed by atoms with Crippen LogP contribution >= 0.6 is 11.3 Å². The van der Waals surface area contributed by atoms with Crippen LogP contribution in [0, 0.1) is 0 Å². The van der Waals surface area contributed by atoms with Crippen molar-refractivity contribution in [3.8, 4) is 11.1 Å². The van der Waals surface area contributed by atoms with Crippen molar-refractivity contribution in [3.63, 3.8) is 0 Å². The van der Waals surface area contributed by atoms with Gasteiger partial charge in [0.25, 0.3) is 0 Å². The van der Waals surface area contributed by atoms with E-state index in [9.17, 15) is 14.7 Å². The fourth-order valence-electron chi connectivity index (χ4n) is 2.75. The van der Waals surface area contributed by atoms with Crippen molar-refractivity contribution >= 4 is 23.2 Å². The van der Waals surface area contributed by atoms with Gasteiger partial charge in [-0.05, 0) is 35.1 Å². The van der Waals surface area contributed by atoms with Gasteiger partial charge in [0.2, 0.25) is 0 Å². The maximum atomic E-state index is 12.0. The summed E-state index contributed by atoms with van der Waals surface area (Å²) in [6.45, 7) is 1.85. The Hall–Kier alpha value is -2.96. The van der Waals surface area contributed by atoms with Crippen molar-refractivity contribution in [3.05, 3.63) is 82.6 Å². The minimum atomic E-state index is -1.29. The van der Waals surface area contributed by atoms with Gasteiger partial charge in [-0.1, -0.05) is 60.7 Å². The molecule has 2 aromatic carbocycles. The monoisotopic (exact) mass is 394 g/mol. The lowest BCUT2D eigenvalue weighted by Gasteiger charge is -2.24. The van der Waals surface area contributed by atoms with E-state index in [0.717, 1.165) is 16.0 Å². The number of thiophene rings is 1. The van der Waals surface area contributed by atoms with Crippen molar-refractivity contribution in [1.29, 1.82) is 0 Å². The first-order valence-corrected chi connectivity index (χ1v) is 9.80. The summed E-state index contributed by atoms with van der Waals surface area (Å²) in [4.78, 5) is 24.8. The summed E-state index contributed by atoms with van der Waals surface area (Å²) < 4.78 is 0. The Bertz CT molecular complexity index is 920. The van der Waals surface area contributed by atoms with Gasteiger partial charge in [0.05, 0.1) is 13.1 Å². The number of amides is 2. The van der Waals surface area contributed by atoms with Gasteiger partial charge in [0.15, 0.2) is 0 Å². The van der Waals surface area contributed by atoms with Gasteiger partial charge >= 0.3 is 11.8 Å². The molecule has 0 spiro atoms. The van der Waals surface area contributed by atoms with Gasteiger partial charge in [-0.15, -0.1) is 11.3 Å². The van der Waals surface area contributed by atoms with Gasteiger partial charge in [0, 0.05) is 4.88 Å². The first kappa shape index (κ1) is 19.8. The average molecular weight is 394 g/mol. The molecule has 0 saturated carbocycles. The molecule has 28 heavy (non-hydrogen) atoms. The first-order valence-electron chi connectivity index (χ1n) is 8.92. The predicted molar refractivity (Wildman–Crippen MR) is 111 cm³/mol. The minimum Gasteiger partial charge on any atom is -0.384 e. The second-order valence-electron chi connectivity index (χ2n) is 6.66. The SMILES string of the molecule is CC(O)(CNC(=O)C(=O)NCc1cccs1)c1ccc(-c2ccccc2)cc1. The van der Waals surface area contributed by atoms with Crippen LogP contribution in [0.15, 0.2) is 72.1 Å². The quantitative estimate of drug-likeness (QED) is 0.562. The molecule has 6 heteroatoms. The van der Waals surface area contributed by atoms with Gasteiger partial charge < -0.3 is 15.7 Å². The Morgan fingerprint density at radius 1 is 0.893 bits per heavy atom. The molecule has 3 aromatic rings. The molecule has 3 N–H and O–H groups in total. The molecule has 0 aliphatic heterocycles. The lowest BCUT2D eigenvalue weighted by molar-refractivity contribution is -0.139. The fourth-order valence-corrected chi connectivity index (χ4v) is 3.39. The Labute approximate surface area is 168 Å². The number of carbonyl (C=O) groups is 2. The fraction of sp³-hybridized carbons (Fsp3) is 0.182. The molecule has 1 atom stereocenters. The summed E-state index contributed by atoms with van der Waals surface area (Å²) in [5.74, 6) is -1.48. The number of nitrogens with one attached hydrogen (secondary N) is 2. The third kappa shape index (κ3) is 5.06. The number of aliphatic hydroxyl groups is 1. The number of carbonyl (C=O) groups excluding carboxylic acids is 2. The van der Waals surface area contributed by atoms with Gasteiger partial charge in [-0.3, -0.25) is 9.59 Å². The van der Waals surface area contributed by atoms with E-state index in [-0.39, 0.29) is 6.54 Å². The van der Waals surface area contributed by atoms with Crippen LogP contribution in [0.1, 0.15) is 17.4 Å². The van der Waals surface area contributed by atoms with Crippen LogP contribution in [0.3, 0.4) is 0 Å². The van der Waals surface area contributed by atoms with E-state index in [0.29, 0.717) is 12.1 Å². The van der Waals surface area contributed by atoms with E-state index in [1.807, 2.05) is 72.1 Å². The molecule has 0 bridgehead atoms. The van der Waals surface area contributed by atoms with Crippen molar-refractivity contribution in [2.24, 2.45) is 0 Å². The van der Waals surface area contributed by atoms with Crippen molar-refractivity contribution < 1.29 is 14.7 Å². The van der Waals surface area contributed by atoms with E-state index < -0.39 is 17.4 Å². The number of benzene rings is 2. The number of hydrogen-bond acceptors (Lipinski definition) is 4. The van der Waals surface area contributed by atoms with Crippen LogP contribution in [-0.4, -0.2) is 23.5 Å². The molecule has 3 rings (SSSR count). The topological polar surface area (TPSA) is 78.4 Å². The molecule has 2 amide bonds. The summed E-state index contributed by atoms with van der Waals surface area (Å²) in [6, 6.07) is 21.2. The largest absolute Gasteiger partial charge is 0.384 e. The standard InChI is InChI=1S/C22H22N2O3S/c1-22(27,15-24-21(26)20(25)23-14-19-8-5-13-28-19)18-11-9-17(10-12-18)16-6-3-2-4-7-16/h2-13,27H,14-15H2,1H3,(H,23,25)(H,24,26). The van der Waals surface area contributed by atoms with Gasteiger partial charge in [-0.2, -0.15) is 0 Å². The average Bonchev–Trinajstić information content (AvgIpc) is 3.25. The summed E-state index contributed by atoms with van der Waals surface area (Å²) in [6.07, 6.45) is 0. The Balaban J connectivity index is 1.55. The smallest absolute Gasteiger partial charge is 0.309 e. The minimum absolute atomic E-state index is 0.0665. The highest BCUT2D eigenvalue weighted by Crippen LogP contribution is 2.24. The van der Waals surface area contributed by atoms with Crippen LogP contribution in [0.2, 0.25) is 0 Å². The van der Waals surface area contributed by atoms with Crippen molar-refractivity contribution in [2.45, 2.75) is 19.1 Å². The maximum Gasteiger partial charge on any atom is 0.309 e. The van der Waals surface area contributed by atoms with E-state index in [2.05, 4.69) is 10.6 Å². The molecule has 0 saturated heterocycles. The van der Waals surface area contributed by atoms with Crippen LogP contribution in [0.4, 0.5) is 0 Å². The van der Waals surface area contributed by atoms with E-state index in [4.69, 9.17) is 0 Å². The third-order valence-electron chi connectivity index (χ3n) is 4.42. The zero-order valence-corrected chi connectivity index (χ0v) is 16.3. The van der Waals surface area contributed by atoms with Gasteiger partial charge in [0.1, 0.15) is 5.60 Å². The molecule has 1 heterocycles. The predicted octanol–water partition coefficient (Wildman–Crippen LogP) is 3.06. The normalized spacial score (nSPS) is 12.8. The number of rotatable bonds is 6. The summed E-state index contributed by atoms with van der Waals surface area (Å²) >= 11 is 1.50. The zero-order chi connectivity index (χ0) is 20.0. The summed E-state index contributed by atoms with van der Waals surface area (Å²) in [5.41, 5.74) is 1.49. The molecule has 1 unspecified atom stereocenters. The molecular formula is C22H22N2O3S. The van der Waals surface area contributed by atoms with Crippen molar-refractivity contribution in [1.82, 2.24) is 10.6 Å². The van der Waals surface area contributed by atoms with Crippen molar-refractivity contribution in [2.75, 3.05) is 6.54 Å². The zero-order valence-electron chi connectivity index (χ0n) is 15.5. The lowest BCUT2D eigenvalue weighted by Crippen LogP contribution is -2.45. The first-order chi connectivity index (χ1) is 13.5. The van der Waals surface area contributed by atoms with Crippen LogP contribution in [0.5, 0.6) is 0 Å².